The molecule has 2 aliphatic heterocycles. The van der Waals surface area contributed by atoms with E-state index >= 15 is 0 Å². The van der Waals surface area contributed by atoms with Crippen LogP contribution in [0.3, 0.4) is 0 Å². The van der Waals surface area contributed by atoms with Crippen LogP contribution < -0.4 is 0 Å². The average Bonchev–Trinajstić information content (AvgIpc) is 3.34. The Hall–Kier alpha value is -1.18. The summed E-state index contributed by atoms with van der Waals surface area (Å²) in [7, 11) is 0. The number of ether oxygens (including phenoxy) is 4. The van der Waals surface area contributed by atoms with Gasteiger partial charge < -0.3 is 24.1 Å². The molecule has 2 aliphatic carbocycles. The van der Waals surface area contributed by atoms with E-state index in [1.54, 1.807) is 0 Å². The standard InChI is InChI=1S/C19H28O7/c1-10-5-6-18(8-23-11(2)20)13(7-10)26-16-14(22)15(25-12(3)21)17(18,4)19(16)9-24-19/h10,13-16,22H,5-9H2,1-4H3/t10-,13+,14+,15+,16+,17+,18+,19-/m0/s1. The molecule has 26 heavy (non-hydrogen) atoms. The van der Waals surface area contributed by atoms with Gasteiger partial charge in [0.1, 0.15) is 30.5 Å². The minimum atomic E-state index is -0.957. The number of fused-ring (bicyclic) bond motifs is 2. The van der Waals surface area contributed by atoms with Gasteiger partial charge in [-0.15, -0.1) is 0 Å². The van der Waals surface area contributed by atoms with E-state index < -0.39 is 40.7 Å². The van der Waals surface area contributed by atoms with Gasteiger partial charge in [-0.1, -0.05) is 13.8 Å². The molecule has 1 N–H and O–H groups in total. The van der Waals surface area contributed by atoms with Gasteiger partial charge in [0.2, 0.25) is 0 Å². The highest BCUT2D eigenvalue weighted by atomic mass is 16.7. The lowest BCUT2D eigenvalue weighted by Crippen LogP contribution is -2.67. The summed E-state index contributed by atoms with van der Waals surface area (Å²) in [5, 5.41) is 11.0. The first-order valence-corrected chi connectivity index (χ1v) is 9.46. The molecule has 2 saturated carbocycles. The van der Waals surface area contributed by atoms with Gasteiger partial charge in [-0.3, -0.25) is 9.59 Å². The molecule has 146 valence electrons. The molecule has 4 rings (SSSR count). The van der Waals surface area contributed by atoms with Crippen molar-refractivity contribution < 1.29 is 33.6 Å². The van der Waals surface area contributed by atoms with E-state index in [-0.39, 0.29) is 18.7 Å². The van der Waals surface area contributed by atoms with Crippen molar-refractivity contribution >= 4 is 11.9 Å². The second kappa shape index (κ2) is 5.66. The first kappa shape index (κ1) is 18.2. The number of carbonyl (C=O) groups is 2. The number of aliphatic hydroxyl groups excluding tert-OH is 1. The number of esters is 2. The third-order valence-corrected chi connectivity index (χ3v) is 7.47. The molecule has 8 atom stereocenters. The van der Waals surface area contributed by atoms with Crippen LogP contribution >= 0.6 is 0 Å². The summed E-state index contributed by atoms with van der Waals surface area (Å²) in [6, 6.07) is 0. The number of aliphatic hydroxyl groups is 1. The SMILES string of the molecule is CC(=O)OC[C@]12CC[C@H](C)C[C@H]1O[C@@H]1[C@H](O)[C@@H](OC(C)=O)[C@@]2(C)[C@]12CO2. The number of hydrogen-bond acceptors (Lipinski definition) is 7. The van der Waals surface area contributed by atoms with Crippen molar-refractivity contribution in [2.45, 2.75) is 77.0 Å². The normalized spacial score (nSPS) is 51.7. The molecule has 0 amide bonds. The highest BCUT2D eigenvalue weighted by Gasteiger charge is 2.86. The van der Waals surface area contributed by atoms with Crippen LogP contribution in [0.4, 0.5) is 0 Å². The lowest BCUT2D eigenvalue weighted by Gasteiger charge is -2.59. The molecule has 2 heterocycles. The van der Waals surface area contributed by atoms with Gasteiger partial charge in [0.05, 0.1) is 18.1 Å². The van der Waals surface area contributed by atoms with E-state index in [9.17, 15) is 14.7 Å². The fourth-order valence-electron chi connectivity index (χ4n) is 5.99. The Morgan fingerprint density at radius 2 is 1.96 bits per heavy atom. The Morgan fingerprint density at radius 1 is 1.27 bits per heavy atom. The Morgan fingerprint density at radius 3 is 2.54 bits per heavy atom. The maximum absolute atomic E-state index is 11.8. The number of carbonyl (C=O) groups excluding carboxylic acids is 2. The van der Waals surface area contributed by atoms with E-state index in [2.05, 4.69) is 6.92 Å². The second-order valence-corrected chi connectivity index (χ2v) is 8.76. The molecule has 0 aromatic carbocycles. The van der Waals surface area contributed by atoms with E-state index in [0.717, 1.165) is 19.3 Å². The fraction of sp³-hybridized carbons (Fsp3) is 0.895. The quantitative estimate of drug-likeness (QED) is 0.591. The van der Waals surface area contributed by atoms with Gasteiger partial charge in [0.15, 0.2) is 0 Å². The van der Waals surface area contributed by atoms with Gasteiger partial charge in [0.25, 0.3) is 0 Å². The average molecular weight is 368 g/mol. The molecule has 0 unspecified atom stereocenters. The van der Waals surface area contributed by atoms with Crippen molar-refractivity contribution in [2.24, 2.45) is 16.7 Å². The molecule has 4 aliphatic rings. The summed E-state index contributed by atoms with van der Waals surface area (Å²) >= 11 is 0. The molecular weight excluding hydrogens is 340 g/mol. The van der Waals surface area contributed by atoms with Gasteiger partial charge in [-0.25, -0.2) is 0 Å². The molecular formula is C19H28O7. The van der Waals surface area contributed by atoms with Crippen LogP contribution in [0.2, 0.25) is 0 Å². The van der Waals surface area contributed by atoms with Crippen LogP contribution in [-0.2, 0) is 28.5 Å². The third kappa shape index (κ3) is 2.11. The zero-order chi connectivity index (χ0) is 18.9. The van der Waals surface area contributed by atoms with Crippen LogP contribution in [0.25, 0.3) is 0 Å². The van der Waals surface area contributed by atoms with Crippen molar-refractivity contribution in [3.8, 4) is 0 Å². The largest absolute Gasteiger partial charge is 0.465 e. The van der Waals surface area contributed by atoms with E-state index in [1.807, 2.05) is 6.92 Å². The zero-order valence-electron chi connectivity index (χ0n) is 15.8. The summed E-state index contributed by atoms with van der Waals surface area (Å²) in [4.78, 5) is 23.4. The maximum atomic E-state index is 11.8. The van der Waals surface area contributed by atoms with Gasteiger partial charge in [-0.2, -0.15) is 0 Å². The predicted octanol–water partition coefficient (Wildman–Crippen LogP) is 1.20. The van der Waals surface area contributed by atoms with Crippen molar-refractivity contribution in [1.82, 2.24) is 0 Å². The first-order valence-electron chi connectivity index (χ1n) is 9.46. The topological polar surface area (TPSA) is 94.6 Å². The highest BCUT2D eigenvalue weighted by molar-refractivity contribution is 5.67. The van der Waals surface area contributed by atoms with E-state index in [4.69, 9.17) is 18.9 Å². The molecule has 7 heteroatoms. The molecule has 0 aromatic heterocycles. The molecule has 2 bridgehead atoms. The minimum Gasteiger partial charge on any atom is -0.465 e. The summed E-state index contributed by atoms with van der Waals surface area (Å²) in [6.07, 6.45) is 0.139. The smallest absolute Gasteiger partial charge is 0.303 e. The number of rotatable bonds is 3. The molecule has 0 radical (unpaired) electrons. The van der Waals surface area contributed by atoms with Crippen LogP contribution in [-0.4, -0.2) is 60.3 Å². The molecule has 1 spiro atoms. The molecule has 0 aromatic rings. The number of epoxide rings is 1. The minimum absolute atomic E-state index is 0.175. The van der Waals surface area contributed by atoms with Crippen LogP contribution in [0.1, 0.15) is 47.0 Å². The lowest BCUT2D eigenvalue weighted by molar-refractivity contribution is -0.257. The lowest BCUT2D eigenvalue weighted by atomic mass is 9.50. The van der Waals surface area contributed by atoms with Crippen molar-refractivity contribution in [3.63, 3.8) is 0 Å². The maximum Gasteiger partial charge on any atom is 0.303 e. The van der Waals surface area contributed by atoms with E-state index in [1.165, 1.54) is 13.8 Å². The van der Waals surface area contributed by atoms with Crippen molar-refractivity contribution in [1.29, 1.82) is 0 Å². The zero-order valence-corrected chi connectivity index (χ0v) is 15.8. The van der Waals surface area contributed by atoms with Crippen molar-refractivity contribution in [2.75, 3.05) is 13.2 Å². The van der Waals surface area contributed by atoms with Crippen molar-refractivity contribution in [3.05, 3.63) is 0 Å². The van der Waals surface area contributed by atoms with Gasteiger partial charge >= 0.3 is 11.9 Å². The summed E-state index contributed by atoms with van der Waals surface area (Å²) in [6.45, 7) is 7.57. The Kier molecular flexibility index (Phi) is 3.96. The van der Waals surface area contributed by atoms with E-state index in [0.29, 0.717) is 12.5 Å². The fourth-order valence-corrected chi connectivity index (χ4v) is 5.99. The Labute approximate surface area is 153 Å². The van der Waals surface area contributed by atoms with Crippen LogP contribution in [0, 0.1) is 16.7 Å². The Bertz CT molecular complexity index is 629. The monoisotopic (exact) mass is 368 g/mol. The second-order valence-electron chi connectivity index (χ2n) is 8.76. The molecule has 2 saturated heterocycles. The van der Waals surface area contributed by atoms with Gasteiger partial charge in [0, 0.05) is 19.3 Å². The molecule has 4 fully saturated rings. The van der Waals surface area contributed by atoms with Crippen LogP contribution in [0.15, 0.2) is 0 Å². The van der Waals surface area contributed by atoms with Gasteiger partial charge in [-0.05, 0) is 25.2 Å². The third-order valence-electron chi connectivity index (χ3n) is 7.47. The Balaban J connectivity index is 1.82. The molecule has 7 nitrogen and oxygen atoms in total. The summed E-state index contributed by atoms with van der Waals surface area (Å²) in [5.41, 5.74) is -1.94. The first-order chi connectivity index (χ1) is 12.2. The summed E-state index contributed by atoms with van der Waals surface area (Å²) < 4.78 is 23.4. The highest BCUT2D eigenvalue weighted by Crippen LogP contribution is 2.72. The number of hydrogen-bond donors (Lipinski definition) is 1. The summed E-state index contributed by atoms with van der Waals surface area (Å²) in [5.74, 6) is -0.315. The van der Waals surface area contributed by atoms with Crippen LogP contribution in [0.5, 0.6) is 0 Å². The predicted molar refractivity (Wildman–Crippen MR) is 89.1 cm³/mol.